The van der Waals surface area contributed by atoms with Crippen LogP contribution in [0.1, 0.15) is 43.2 Å². The monoisotopic (exact) mass is 337 g/mol. The standard InChI is InChI=1S/C21H23NO3/c1-12-9-15(21(4,5)6)10-13(2)18(12)22-16-7-8-23-19(16)25-20-17(22)11-14(3)24-20/h7-11H,1-6H3. The SMILES string of the molecule is Cc1cc2c(o1)Oc1occc1N2c1c(C)cc(C(C)(C)C)cc1C. The molecule has 3 heterocycles. The van der Waals surface area contributed by atoms with Gasteiger partial charge in [-0.05, 0) is 42.9 Å². The number of aryl methyl sites for hydroxylation is 3. The number of hydrogen-bond acceptors (Lipinski definition) is 4. The number of hydrogen-bond donors (Lipinski definition) is 0. The smallest absolute Gasteiger partial charge is 0.317 e. The number of ether oxygens (including phenoxy) is 1. The Morgan fingerprint density at radius 2 is 1.56 bits per heavy atom. The molecule has 4 nitrogen and oxygen atoms in total. The van der Waals surface area contributed by atoms with E-state index in [2.05, 4.69) is 51.7 Å². The molecule has 130 valence electrons. The zero-order valence-electron chi connectivity index (χ0n) is 15.6. The highest BCUT2D eigenvalue weighted by atomic mass is 16.7. The largest absolute Gasteiger partial charge is 0.432 e. The lowest BCUT2D eigenvalue weighted by Gasteiger charge is -2.31. The predicted molar refractivity (Wildman–Crippen MR) is 98.6 cm³/mol. The number of rotatable bonds is 1. The van der Waals surface area contributed by atoms with Crippen LogP contribution in [0, 0.1) is 20.8 Å². The lowest BCUT2D eigenvalue weighted by molar-refractivity contribution is 0.273. The number of benzene rings is 1. The molecule has 4 heteroatoms. The molecule has 0 saturated heterocycles. The molecule has 2 aromatic heterocycles. The fraction of sp³-hybridized carbons (Fsp3) is 0.333. The normalized spacial score (nSPS) is 13.4. The van der Waals surface area contributed by atoms with Gasteiger partial charge in [0.05, 0.1) is 12.0 Å². The molecule has 25 heavy (non-hydrogen) atoms. The lowest BCUT2D eigenvalue weighted by atomic mass is 9.84. The van der Waals surface area contributed by atoms with Crippen LogP contribution in [0.3, 0.4) is 0 Å². The van der Waals surface area contributed by atoms with Crippen LogP contribution < -0.4 is 9.64 Å². The summed E-state index contributed by atoms with van der Waals surface area (Å²) in [5.74, 6) is 1.74. The van der Waals surface area contributed by atoms with Crippen molar-refractivity contribution in [1.82, 2.24) is 0 Å². The molecule has 1 aliphatic rings. The van der Waals surface area contributed by atoms with Gasteiger partial charge >= 0.3 is 11.9 Å². The average Bonchev–Trinajstić information content (AvgIpc) is 3.09. The first-order chi connectivity index (χ1) is 11.8. The van der Waals surface area contributed by atoms with E-state index in [-0.39, 0.29) is 5.41 Å². The van der Waals surface area contributed by atoms with Gasteiger partial charge in [0, 0.05) is 12.1 Å². The fourth-order valence-corrected chi connectivity index (χ4v) is 3.44. The van der Waals surface area contributed by atoms with Crippen LogP contribution >= 0.6 is 0 Å². The zero-order valence-corrected chi connectivity index (χ0v) is 15.6. The van der Waals surface area contributed by atoms with Crippen molar-refractivity contribution in [3.8, 4) is 11.9 Å². The van der Waals surface area contributed by atoms with Crippen LogP contribution in [0.5, 0.6) is 11.9 Å². The molecule has 0 fully saturated rings. The summed E-state index contributed by atoms with van der Waals surface area (Å²) in [5, 5.41) is 0. The Hall–Kier alpha value is -2.62. The molecule has 0 radical (unpaired) electrons. The van der Waals surface area contributed by atoms with Crippen LogP contribution in [-0.4, -0.2) is 0 Å². The van der Waals surface area contributed by atoms with Gasteiger partial charge in [-0.25, -0.2) is 0 Å². The second-order valence-corrected chi connectivity index (χ2v) is 7.77. The van der Waals surface area contributed by atoms with E-state index >= 15 is 0 Å². The number of nitrogens with zero attached hydrogens (tertiary/aromatic N) is 1. The molecule has 1 aromatic carbocycles. The Balaban J connectivity index is 1.95. The van der Waals surface area contributed by atoms with Crippen molar-refractivity contribution in [2.24, 2.45) is 0 Å². The summed E-state index contributed by atoms with van der Waals surface area (Å²) in [5.41, 5.74) is 6.80. The van der Waals surface area contributed by atoms with Crippen LogP contribution in [0.2, 0.25) is 0 Å². The molecule has 0 spiro atoms. The van der Waals surface area contributed by atoms with Crippen molar-refractivity contribution >= 4 is 17.1 Å². The minimum absolute atomic E-state index is 0.108. The van der Waals surface area contributed by atoms with Crippen LogP contribution in [-0.2, 0) is 5.41 Å². The summed E-state index contributed by atoms with van der Waals surface area (Å²) >= 11 is 0. The van der Waals surface area contributed by atoms with Crippen LogP contribution in [0.25, 0.3) is 0 Å². The van der Waals surface area contributed by atoms with Crippen LogP contribution in [0.4, 0.5) is 17.1 Å². The van der Waals surface area contributed by atoms with Gasteiger partial charge in [-0.2, -0.15) is 0 Å². The first-order valence-electron chi connectivity index (χ1n) is 8.53. The van der Waals surface area contributed by atoms with E-state index in [0.717, 1.165) is 22.8 Å². The summed E-state index contributed by atoms with van der Waals surface area (Å²) in [6, 6.07) is 8.47. The first-order valence-corrected chi connectivity index (χ1v) is 8.53. The van der Waals surface area contributed by atoms with Crippen molar-refractivity contribution in [3.05, 3.63) is 53.0 Å². The van der Waals surface area contributed by atoms with Crippen LogP contribution in [0.15, 0.2) is 39.4 Å². The molecule has 0 atom stereocenters. The van der Waals surface area contributed by atoms with Gasteiger partial charge in [-0.15, -0.1) is 0 Å². The summed E-state index contributed by atoms with van der Waals surface area (Å²) in [7, 11) is 0. The highest BCUT2D eigenvalue weighted by Crippen LogP contribution is 2.53. The second kappa shape index (κ2) is 5.19. The van der Waals surface area contributed by atoms with E-state index in [1.54, 1.807) is 6.26 Å². The van der Waals surface area contributed by atoms with Gasteiger partial charge in [0.25, 0.3) is 0 Å². The third-order valence-corrected chi connectivity index (χ3v) is 4.66. The highest BCUT2D eigenvalue weighted by Gasteiger charge is 2.33. The molecule has 3 aromatic rings. The summed E-state index contributed by atoms with van der Waals surface area (Å²) in [4.78, 5) is 2.17. The minimum atomic E-state index is 0.108. The Morgan fingerprint density at radius 1 is 0.880 bits per heavy atom. The maximum Gasteiger partial charge on any atom is 0.317 e. The lowest BCUT2D eigenvalue weighted by Crippen LogP contribution is -2.18. The van der Waals surface area contributed by atoms with Crippen molar-refractivity contribution in [2.45, 2.75) is 47.0 Å². The summed E-state index contributed by atoms with van der Waals surface area (Å²) < 4.78 is 17.0. The highest BCUT2D eigenvalue weighted by molar-refractivity contribution is 5.86. The molecule has 1 aliphatic heterocycles. The van der Waals surface area contributed by atoms with E-state index < -0.39 is 0 Å². The number of anilines is 3. The van der Waals surface area contributed by atoms with E-state index in [0.29, 0.717) is 11.9 Å². The topological polar surface area (TPSA) is 38.8 Å². The third kappa shape index (κ3) is 2.44. The van der Waals surface area contributed by atoms with Gasteiger partial charge in [-0.3, -0.25) is 4.90 Å². The third-order valence-electron chi connectivity index (χ3n) is 4.66. The quantitative estimate of drug-likeness (QED) is 0.389. The maximum atomic E-state index is 5.77. The minimum Gasteiger partial charge on any atom is -0.432 e. The summed E-state index contributed by atoms with van der Waals surface area (Å²) in [6.07, 6.45) is 1.64. The molecule has 0 N–H and O–H groups in total. The van der Waals surface area contributed by atoms with Crippen molar-refractivity contribution in [3.63, 3.8) is 0 Å². The van der Waals surface area contributed by atoms with E-state index in [1.807, 2.05) is 19.1 Å². The molecular weight excluding hydrogens is 314 g/mol. The van der Waals surface area contributed by atoms with Crippen molar-refractivity contribution < 1.29 is 13.6 Å². The predicted octanol–water partition coefficient (Wildman–Crippen LogP) is 6.67. The zero-order chi connectivity index (χ0) is 17.9. The van der Waals surface area contributed by atoms with Gasteiger partial charge < -0.3 is 13.6 Å². The Bertz CT molecular complexity index is 933. The molecular formula is C21H23NO3. The maximum absolute atomic E-state index is 5.77. The van der Waals surface area contributed by atoms with E-state index in [1.165, 1.54) is 16.7 Å². The van der Waals surface area contributed by atoms with Gasteiger partial charge in [0.2, 0.25) is 0 Å². The Labute approximate surface area is 148 Å². The second-order valence-electron chi connectivity index (χ2n) is 7.77. The molecule has 0 aliphatic carbocycles. The first kappa shape index (κ1) is 15.9. The molecule has 0 amide bonds. The van der Waals surface area contributed by atoms with Crippen molar-refractivity contribution in [2.75, 3.05) is 4.90 Å². The number of furan rings is 2. The molecule has 4 rings (SSSR count). The number of fused-ring (bicyclic) bond motifs is 2. The summed E-state index contributed by atoms with van der Waals surface area (Å²) in [6.45, 7) is 12.9. The Kier molecular flexibility index (Phi) is 3.29. The van der Waals surface area contributed by atoms with Gasteiger partial charge in [0.15, 0.2) is 0 Å². The average molecular weight is 337 g/mol. The van der Waals surface area contributed by atoms with E-state index in [9.17, 15) is 0 Å². The molecule has 0 unspecified atom stereocenters. The van der Waals surface area contributed by atoms with E-state index in [4.69, 9.17) is 13.6 Å². The van der Waals surface area contributed by atoms with Crippen molar-refractivity contribution in [1.29, 1.82) is 0 Å². The Morgan fingerprint density at radius 3 is 2.20 bits per heavy atom. The fourth-order valence-electron chi connectivity index (χ4n) is 3.44. The molecule has 0 saturated carbocycles. The van der Waals surface area contributed by atoms with Gasteiger partial charge in [0.1, 0.15) is 17.1 Å². The molecule has 0 bridgehead atoms. The van der Waals surface area contributed by atoms with Gasteiger partial charge in [-0.1, -0.05) is 32.9 Å².